The van der Waals surface area contributed by atoms with Crippen molar-refractivity contribution in [3.05, 3.63) is 65.7 Å². The molecule has 1 saturated carbocycles. The quantitative estimate of drug-likeness (QED) is 0.656. The Morgan fingerprint density at radius 2 is 1.58 bits per heavy atom. The van der Waals surface area contributed by atoms with Crippen LogP contribution in [0.2, 0.25) is 0 Å². The van der Waals surface area contributed by atoms with Crippen molar-refractivity contribution in [2.75, 3.05) is 4.90 Å². The number of thioether (sulfide) groups is 1. The van der Waals surface area contributed by atoms with Crippen LogP contribution in [0.3, 0.4) is 0 Å². The van der Waals surface area contributed by atoms with Crippen molar-refractivity contribution in [2.24, 2.45) is 5.92 Å². The van der Waals surface area contributed by atoms with Crippen molar-refractivity contribution >= 4 is 17.4 Å². The number of anilines is 1. The summed E-state index contributed by atoms with van der Waals surface area (Å²) >= 11 is 2.21. The first kappa shape index (κ1) is 16.1. The second-order valence-corrected chi connectivity index (χ2v) is 8.60. The van der Waals surface area contributed by atoms with E-state index in [9.17, 15) is 0 Å². The van der Waals surface area contributed by atoms with Crippen LogP contribution in [0.25, 0.3) is 0 Å². The lowest BCUT2D eigenvalue weighted by molar-refractivity contribution is 0.487. The summed E-state index contributed by atoms with van der Waals surface area (Å²) in [5.41, 5.74) is 4.32. The van der Waals surface area contributed by atoms with Gasteiger partial charge in [0.25, 0.3) is 0 Å². The molecule has 4 rings (SSSR count). The third kappa shape index (κ3) is 2.86. The molecule has 0 amide bonds. The summed E-state index contributed by atoms with van der Waals surface area (Å²) in [7, 11) is 0. The first-order chi connectivity index (χ1) is 11.8. The highest BCUT2D eigenvalue weighted by Crippen LogP contribution is 2.53. The molecule has 0 bridgehead atoms. The van der Waals surface area contributed by atoms with Crippen LogP contribution in [0.4, 0.5) is 5.69 Å². The minimum Gasteiger partial charge on any atom is -0.355 e. The predicted octanol–water partition coefficient (Wildman–Crippen LogP) is 6.19. The zero-order valence-corrected chi connectivity index (χ0v) is 15.5. The summed E-state index contributed by atoms with van der Waals surface area (Å²) in [5.74, 6) is 0.839. The van der Waals surface area contributed by atoms with E-state index in [1.54, 1.807) is 0 Å². The minimum absolute atomic E-state index is 0.532. The van der Waals surface area contributed by atoms with Crippen LogP contribution in [-0.2, 0) is 0 Å². The molecule has 2 aliphatic rings. The molecule has 2 aromatic rings. The molecule has 1 aliphatic carbocycles. The van der Waals surface area contributed by atoms with E-state index in [2.05, 4.69) is 85.1 Å². The molecular formula is C22H27NS. The number of hydrogen-bond acceptors (Lipinski definition) is 2. The van der Waals surface area contributed by atoms with Gasteiger partial charge < -0.3 is 4.90 Å². The van der Waals surface area contributed by atoms with E-state index in [0.29, 0.717) is 16.7 Å². The maximum atomic E-state index is 2.74. The Hall–Kier alpha value is -1.41. The predicted molar refractivity (Wildman–Crippen MR) is 106 cm³/mol. The maximum Gasteiger partial charge on any atom is 0.0789 e. The van der Waals surface area contributed by atoms with Crippen LogP contribution in [0, 0.1) is 12.8 Å². The van der Waals surface area contributed by atoms with E-state index in [4.69, 9.17) is 0 Å². The highest BCUT2D eigenvalue weighted by molar-refractivity contribution is 8.00. The van der Waals surface area contributed by atoms with Crippen LogP contribution in [0.15, 0.2) is 54.6 Å². The van der Waals surface area contributed by atoms with Crippen LogP contribution in [-0.4, -0.2) is 11.4 Å². The van der Waals surface area contributed by atoms with Crippen LogP contribution < -0.4 is 4.90 Å². The van der Waals surface area contributed by atoms with Gasteiger partial charge in [0.15, 0.2) is 0 Å². The summed E-state index contributed by atoms with van der Waals surface area (Å²) in [6.07, 6.45) is 5.62. The highest BCUT2D eigenvalue weighted by atomic mass is 32.2. The zero-order chi connectivity index (χ0) is 16.5. The summed E-state index contributed by atoms with van der Waals surface area (Å²) in [6.45, 7) is 4.68. The number of para-hydroxylation sites is 1. The third-order valence-electron chi connectivity index (χ3n) is 5.76. The molecule has 2 aromatic carbocycles. The summed E-state index contributed by atoms with van der Waals surface area (Å²) in [5, 5.41) is 1.19. The van der Waals surface area contributed by atoms with Gasteiger partial charge in [-0.15, -0.1) is 11.8 Å². The molecule has 2 heteroatoms. The Kier molecular flexibility index (Phi) is 4.58. The molecule has 0 aromatic heterocycles. The molecule has 0 radical (unpaired) electrons. The van der Waals surface area contributed by atoms with Crippen molar-refractivity contribution in [2.45, 2.75) is 56.2 Å². The number of nitrogens with zero attached hydrogens (tertiary/aromatic N) is 1. The average Bonchev–Trinajstić information content (AvgIpc) is 3.24. The molecule has 126 valence electrons. The van der Waals surface area contributed by atoms with Crippen LogP contribution in [0.5, 0.6) is 0 Å². The summed E-state index contributed by atoms with van der Waals surface area (Å²) < 4.78 is 0. The number of aryl methyl sites for hydroxylation is 1. The summed E-state index contributed by atoms with van der Waals surface area (Å²) in [6, 6.07) is 20.6. The van der Waals surface area contributed by atoms with E-state index in [1.807, 2.05) is 0 Å². The molecule has 1 saturated heterocycles. The Morgan fingerprint density at radius 1 is 0.917 bits per heavy atom. The first-order valence-corrected chi connectivity index (χ1v) is 10.2. The Bertz CT molecular complexity index is 677. The fraction of sp³-hybridized carbons (Fsp3) is 0.455. The van der Waals surface area contributed by atoms with E-state index >= 15 is 0 Å². The third-order valence-corrected chi connectivity index (χ3v) is 7.61. The van der Waals surface area contributed by atoms with Gasteiger partial charge in [-0.1, -0.05) is 61.4 Å². The lowest BCUT2D eigenvalue weighted by atomic mass is 10.0. The Labute approximate surface area is 150 Å². The van der Waals surface area contributed by atoms with Gasteiger partial charge in [-0.2, -0.15) is 0 Å². The molecule has 1 aliphatic heterocycles. The minimum atomic E-state index is 0.532. The van der Waals surface area contributed by atoms with Gasteiger partial charge in [0.1, 0.15) is 0 Å². The summed E-state index contributed by atoms with van der Waals surface area (Å²) in [4.78, 5) is 2.74. The van der Waals surface area contributed by atoms with Crippen molar-refractivity contribution in [3.8, 4) is 0 Å². The molecule has 0 spiro atoms. The van der Waals surface area contributed by atoms with Gasteiger partial charge in [-0.05, 0) is 49.8 Å². The van der Waals surface area contributed by atoms with Crippen molar-refractivity contribution < 1.29 is 0 Å². The number of benzene rings is 2. The Balaban J connectivity index is 1.72. The van der Waals surface area contributed by atoms with Gasteiger partial charge in [-0.25, -0.2) is 0 Å². The van der Waals surface area contributed by atoms with Crippen LogP contribution >= 0.6 is 11.8 Å². The number of rotatable bonds is 3. The SMILES string of the molecule is Cc1ccccc1N1C(C2CCCC2)SC(c2ccccc2)[C@@H]1C. The van der Waals surface area contributed by atoms with Gasteiger partial charge in [0.2, 0.25) is 0 Å². The fourth-order valence-electron chi connectivity index (χ4n) is 4.50. The topological polar surface area (TPSA) is 3.24 Å². The number of hydrogen-bond donors (Lipinski definition) is 0. The standard InChI is InChI=1S/C22H27NS/c1-16-10-6-9-15-20(16)23-17(2)21(18-11-4-3-5-12-18)24-22(23)19-13-7-8-14-19/h3-6,9-12,15,17,19,21-22H,7-8,13-14H2,1-2H3/t17-,21?,22?/m0/s1. The lowest BCUT2D eigenvalue weighted by Crippen LogP contribution is -2.39. The monoisotopic (exact) mass is 337 g/mol. The molecule has 1 heterocycles. The molecular weight excluding hydrogens is 310 g/mol. The average molecular weight is 338 g/mol. The van der Waals surface area contributed by atoms with Crippen molar-refractivity contribution in [1.29, 1.82) is 0 Å². The van der Waals surface area contributed by atoms with Crippen LogP contribution in [0.1, 0.15) is 49.0 Å². The van der Waals surface area contributed by atoms with E-state index < -0.39 is 0 Å². The molecule has 2 unspecified atom stereocenters. The van der Waals surface area contributed by atoms with Gasteiger partial charge >= 0.3 is 0 Å². The van der Waals surface area contributed by atoms with E-state index in [-0.39, 0.29) is 0 Å². The van der Waals surface area contributed by atoms with Gasteiger partial charge in [0, 0.05) is 11.7 Å². The maximum absolute atomic E-state index is 2.74. The normalized spacial score (nSPS) is 27.8. The molecule has 0 N–H and O–H groups in total. The molecule has 3 atom stereocenters. The first-order valence-electron chi connectivity index (χ1n) is 9.30. The zero-order valence-electron chi connectivity index (χ0n) is 14.7. The van der Waals surface area contributed by atoms with Gasteiger partial charge in [0.05, 0.1) is 10.6 Å². The molecule has 2 fully saturated rings. The molecule has 24 heavy (non-hydrogen) atoms. The van der Waals surface area contributed by atoms with Gasteiger partial charge in [-0.3, -0.25) is 0 Å². The van der Waals surface area contributed by atoms with Crippen molar-refractivity contribution in [3.63, 3.8) is 0 Å². The smallest absolute Gasteiger partial charge is 0.0789 e. The second kappa shape index (κ2) is 6.84. The molecule has 1 nitrogen and oxygen atoms in total. The second-order valence-electron chi connectivity index (χ2n) is 7.34. The highest BCUT2D eigenvalue weighted by Gasteiger charge is 2.44. The largest absolute Gasteiger partial charge is 0.355 e. The van der Waals surface area contributed by atoms with Crippen molar-refractivity contribution in [1.82, 2.24) is 0 Å². The van der Waals surface area contributed by atoms with E-state index in [1.165, 1.54) is 42.5 Å². The lowest BCUT2D eigenvalue weighted by Gasteiger charge is -2.34. The van der Waals surface area contributed by atoms with E-state index in [0.717, 1.165) is 5.92 Å². The Morgan fingerprint density at radius 3 is 2.29 bits per heavy atom. The fourth-order valence-corrected chi connectivity index (χ4v) is 6.40.